The topological polar surface area (TPSA) is 105 Å². The van der Waals surface area contributed by atoms with Gasteiger partial charge in [-0.2, -0.15) is 0 Å². The van der Waals surface area contributed by atoms with Gasteiger partial charge in [0.1, 0.15) is 12.0 Å². The van der Waals surface area contributed by atoms with Crippen LogP contribution in [0.5, 0.6) is 0 Å². The molecular weight excluding hydrogens is 330 g/mol. The van der Waals surface area contributed by atoms with E-state index in [0.717, 1.165) is 6.20 Å². The molecule has 1 heterocycles. The number of aromatic nitrogens is 1. The molecule has 0 radical (unpaired) electrons. The van der Waals surface area contributed by atoms with Crippen LogP contribution in [0.15, 0.2) is 10.7 Å². The molecule has 0 amide bonds. The third kappa shape index (κ3) is 3.24. The fourth-order valence-electron chi connectivity index (χ4n) is 1.51. The van der Waals surface area contributed by atoms with E-state index >= 15 is 0 Å². The van der Waals surface area contributed by atoms with Gasteiger partial charge >= 0.3 is 5.97 Å². The van der Waals surface area contributed by atoms with Gasteiger partial charge < -0.3 is 10.4 Å². The third-order valence-electron chi connectivity index (χ3n) is 3.38. The fraction of sp³-hybridized carbons (Fsp3) is 0.500. The molecule has 1 atom stereocenters. The highest BCUT2D eigenvalue weighted by molar-refractivity contribution is 9.10. The van der Waals surface area contributed by atoms with E-state index in [9.17, 15) is 20.0 Å². The number of nitro groups is 1. The molecule has 1 aromatic heterocycles. The quantitative estimate of drug-likeness (QED) is 0.606. The first kappa shape index (κ1) is 16.4. The van der Waals surface area contributed by atoms with Crippen molar-refractivity contribution >= 4 is 33.4 Å². The molecule has 110 valence electrons. The third-order valence-corrected chi connectivity index (χ3v) is 4.35. The maximum Gasteiger partial charge on any atom is 0.311 e. The highest BCUT2D eigenvalue weighted by Gasteiger charge is 2.31. The van der Waals surface area contributed by atoms with Gasteiger partial charge in [-0.3, -0.25) is 14.9 Å². The number of pyridine rings is 1. The van der Waals surface area contributed by atoms with Gasteiger partial charge in [0.05, 0.1) is 14.8 Å². The maximum atomic E-state index is 11.2. The largest absolute Gasteiger partial charge is 0.481 e. The predicted molar refractivity (Wildman–Crippen MR) is 77.9 cm³/mol. The molecule has 0 spiro atoms. The number of rotatable bonds is 6. The average molecular weight is 346 g/mol. The van der Waals surface area contributed by atoms with E-state index in [4.69, 9.17) is 0 Å². The summed E-state index contributed by atoms with van der Waals surface area (Å²) in [5.74, 6) is -0.503. The minimum atomic E-state index is -0.920. The number of halogens is 1. The molecule has 0 aromatic carbocycles. The lowest BCUT2D eigenvalue weighted by Crippen LogP contribution is -2.34. The van der Waals surface area contributed by atoms with Crippen LogP contribution < -0.4 is 5.32 Å². The summed E-state index contributed by atoms with van der Waals surface area (Å²) in [6.07, 6.45) is 1.62. The van der Waals surface area contributed by atoms with Crippen molar-refractivity contribution in [1.82, 2.24) is 4.98 Å². The normalized spacial score (nSPS) is 13.6. The first-order valence-electron chi connectivity index (χ1n) is 5.99. The van der Waals surface area contributed by atoms with Gasteiger partial charge in [0, 0.05) is 12.1 Å². The van der Waals surface area contributed by atoms with E-state index < -0.39 is 16.3 Å². The molecule has 0 saturated heterocycles. The molecular formula is C12H16BrN3O4. The number of nitrogens with one attached hydrogen (secondary N) is 1. The number of carbonyl (C=O) groups is 1. The van der Waals surface area contributed by atoms with Crippen molar-refractivity contribution in [1.29, 1.82) is 0 Å². The second-order valence-electron chi connectivity index (χ2n) is 4.76. The van der Waals surface area contributed by atoms with E-state index in [0.29, 0.717) is 22.3 Å². The number of hydrogen-bond donors (Lipinski definition) is 2. The van der Waals surface area contributed by atoms with Crippen molar-refractivity contribution in [2.75, 3.05) is 11.9 Å². The van der Waals surface area contributed by atoms with Crippen LogP contribution in [0.2, 0.25) is 0 Å². The Bertz CT molecular complexity index is 550. The van der Waals surface area contributed by atoms with Gasteiger partial charge in [0.2, 0.25) is 0 Å². The zero-order valence-corrected chi connectivity index (χ0v) is 13.0. The molecule has 7 nitrogen and oxygen atoms in total. The summed E-state index contributed by atoms with van der Waals surface area (Å²) in [5.41, 5.74) is -0.559. The maximum absolute atomic E-state index is 11.2. The number of carboxylic acid groups (broad SMARTS) is 1. The van der Waals surface area contributed by atoms with Crippen LogP contribution in [0, 0.1) is 22.5 Å². The second kappa shape index (κ2) is 6.17. The fourth-order valence-corrected chi connectivity index (χ4v) is 1.95. The van der Waals surface area contributed by atoms with Gasteiger partial charge in [-0.25, -0.2) is 4.98 Å². The van der Waals surface area contributed by atoms with Crippen LogP contribution >= 0.6 is 15.9 Å². The highest BCUT2D eigenvalue weighted by atomic mass is 79.9. The first-order chi connectivity index (χ1) is 9.23. The van der Waals surface area contributed by atoms with Crippen molar-refractivity contribution in [3.63, 3.8) is 0 Å². The highest BCUT2D eigenvalue weighted by Crippen LogP contribution is 2.31. The summed E-state index contributed by atoms with van der Waals surface area (Å²) < 4.78 is 0.468. The number of carboxylic acids is 1. The molecule has 0 aliphatic heterocycles. The molecule has 1 aromatic rings. The average Bonchev–Trinajstić information content (AvgIpc) is 2.39. The lowest BCUT2D eigenvalue weighted by molar-refractivity contribution is -0.385. The van der Waals surface area contributed by atoms with Crippen molar-refractivity contribution in [2.24, 2.45) is 5.41 Å². The SMILES string of the molecule is CCC(C)(CNc1ncc([N+](=O)[O-])c(C)c1Br)C(=O)O. The number of aliphatic carboxylic acids is 1. The second-order valence-corrected chi connectivity index (χ2v) is 5.55. The minimum Gasteiger partial charge on any atom is -0.481 e. The van der Waals surface area contributed by atoms with Crippen LogP contribution in [0.25, 0.3) is 0 Å². The van der Waals surface area contributed by atoms with E-state index in [1.165, 1.54) is 0 Å². The lowest BCUT2D eigenvalue weighted by atomic mass is 9.88. The Morgan fingerprint density at radius 2 is 2.25 bits per heavy atom. The van der Waals surface area contributed by atoms with Crippen molar-refractivity contribution in [3.05, 3.63) is 26.3 Å². The summed E-state index contributed by atoms with van der Waals surface area (Å²) >= 11 is 3.25. The van der Waals surface area contributed by atoms with Crippen LogP contribution in [0.3, 0.4) is 0 Å². The number of anilines is 1. The standard InChI is InChI=1S/C12H16BrN3O4/c1-4-12(3,11(17)18)6-15-10-9(13)7(2)8(5-14-10)16(19)20/h5H,4,6H2,1-3H3,(H,14,15)(H,17,18). The lowest BCUT2D eigenvalue weighted by Gasteiger charge is -2.24. The predicted octanol–water partition coefficient (Wildman–Crippen LogP) is 2.97. The van der Waals surface area contributed by atoms with E-state index in [1.54, 1.807) is 20.8 Å². The van der Waals surface area contributed by atoms with Crippen LogP contribution in [-0.2, 0) is 4.79 Å². The summed E-state index contributed by atoms with van der Waals surface area (Å²) in [4.78, 5) is 25.4. The molecule has 1 rings (SSSR count). The van der Waals surface area contributed by atoms with E-state index in [-0.39, 0.29) is 12.2 Å². The Hall–Kier alpha value is -1.70. The smallest absolute Gasteiger partial charge is 0.311 e. The molecule has 2 N–H and O–H groups in total. The molecule has 0 saturated carbocycles. The Labute approximate surface area is 124 Å². The molecule has 8 heteroatoms. The first-order valence-corrected chi connectivity index (χ1v) is 6.79. The minimum absolute atomic E-state index is 0.0843. The summed E-state index contributed by atoms with van der Waals surface area (Å²) in [7, 11) is 0. The molecule has 0 aliphatic carbocycles. The van der Waals surface area contributed by atoms with Gasteiger partial charge in [0.25, 0.3) is 5.69 Å². The zero-order chi connectivity index (χ0) is 15.5. The van der Waals surface area contributed by atoms with Crippen molar-refractivity contribution < 1.29 is 14.8 Å². The molecule has 0 fully saturated rings. The van der Waals surface area contributed by atoms with Crippen LogP contribution in [0.1, 0.15) is 25.8 Å². The number of nitrogens with zero attached hydrogens (tertiary/aromatic N) is 2. The summed E-state index contributed by atoms with van der Waals surface area (Å²) in [6, 6.07) is 0. The summed E-state index contributed by atoms with van der Waals surface area (Å²) in [6.45, 7) is 5.21. The Morgan fingerprint density at radius 1 is 1.65 bits per heavy atom. The summed E-state index contributed by atoms with van der Waals surface area (Å²) in [5, 5.41) is 22.9. The molecule has 0 bridgehead atoms. The monoisotopic (exact) mass is 345 g/mol. The Balaban J connectivity index is 2.98. The van der Waals surface area contributed by atoms with Crippen LogP contribution in [-0.4, -0.2) is 27.5 Å². The van der Waals surface area contributed by atoms with Crippen molar-refractivity contribution in [3.8, 4) is 0 Å². The van der Waals surface area contributed by atoms with Crippen molar-refractivity contribution in [2.45, 2.75) is 27.2 Å². The van der Waals surface area contributed by atoms with Gasteiger partial charge in [-0.05, 0) is 36.2 Å². The van der Waals surface area contributed by atoms with Crippen LogP contribution in [0.4, 0.5) is 11.5 Å². The molecule has 0 aliphatic rings. The Kier molecular flexibility index (Phi) is 5.04. The number of hydrogen-bond acceptors (Lipinski definition) is 5. The van der Waals surface area contributed by atoms with Gasteiger partial charge in [0.15, 0.2) is 0 Å². The Morgan fingerprint density at radius 3 is 2.70 bits per heavy atom. The van der Waals surface area contributed by atoms with E-state index in [2.05, 4.69) is 26.2 Å². The molecule has 20 heavy (non-hydrogen) atoms. The van der Waals surface area contributed by atoms with E-state index in [1.807, 2.05) is 0 Å². The zero-order valence-electron chi connectivity index (χ0n) is 11.4. The van der Waals surface area contributed by atoms with Gasteiger partial charge in [-0.15, -0.1) is 0 Å². The van der Waals surface area contributed by atoms with Gasteiger partial charge in [-0.1, -0.05) is 6.92 Å². The molecule has 1 unspecified atom stereocenters.